The van der Waals surface area contributed by atoms with Gasteiger partial charge >= 0.3 is 0 Å². The highest BCUT2D eigenvalue weighted by Crippen LogP contribution is 2.47. The van der Waals surface area contributed by atoms with Gasteiger partial charge in [0.05, 0.1) is 21.4 Å². The van der Waals surface area contributed by atoms with Crippen LogP contribution in [-0.4, -0.2) is 4.57 Å². The van der Waals surface area contributed by atoms with E-state index in [0.29, 0.717) is 0 Å². The Balaban J connectivity index is 1.25. The van der Waals surface area contributed by atoms with Gasteiger partial charge in [-0.15, -0.1) is 11.3 Å². The van der Waals surface area contributed by atoms with E-state index in [1.807, 2.05) is 11.3 Å². The van der Waals surface area contributed by atoms with Gasteiger partial charge in [-0.1, -0.05) is 121 Å². The molecule has 0 saturated heterocycles. The lowest BCUT2D eigenvalue weighted by Crippen LogP contribution is -2.12. The fourth-order valence-electron chi connectivity index (χ4n) is 7.11. The summed E-state index contributed by atoms with van der Waals surface area (Å²) in [6.07, 6.45) is 9.10. The number of nitrogens with zero attached hydrogens (tertiary/aromatic N) is 2. The maximum atomic E-state index is 2.44. The van der Waals surface area contributed by atoms with Crippen molar-refractivity contribution in [2.45, 2.75) is 12.8 Å². The number of aromatic nitrogens is 1. The fraction of sp³-hybridized carbons (Fsp3) is 0.0455. The van der Waals surface area contributed by atoms with Crippen LogP contribution in [0.3, 0.4) is 0 Å². The molecule has 2 heterocycles. The van der Waals surface area contributed by atoms with Crippen LogP contribution in [0.5, 0.6) is 0 Å². The maximum absolute atomic E-state index is 2.44. The minimum atomic E-state index is 1.07. The SMILES string of the molecule is C1=CC(c2ccccc2N(c2ccccc2)c2cccc(-c3cccc4c3sc3c5ccccc5n(-c5ccccc5)c43)c2)=CCC1. The molecule has 0 aliphatic heterocycles. The van der Waals surface area contributed by atoms with Crippen molar-refractivity contribution in [1.29, 1.82) is 0 Å². The van der Waals surface area contributed by atoms with Crippen molar-refractivity contribution in [1.82, 2.24) is 4.57 Å². The summed E-state index contributed by atoms with van der Waals surface area (Å²) in [4.78, 5) is 2.41. The molecular formula is C44H32N2S. The summed E-state index contributed by atoms with van der Waals surface area (Å²) in [5, 5.41) is 2.58. The zero-order chi connectivity index (χ0) is 31.2. The molecule has 0 bridgehead atoms. The van der Waals surface area contributed by atoms with E-state index in [1.165, 1.54) is 64.8 Å². The number of hydrogen-bond acceptors (Lipinski definition) is 2. The molecule has 1 aliphatic carbocycles. The van der Waals surface area contributed by atoms with Crippen molar-refractivity contribution in [2.75, 3.05) is 4.90 Å². The van der Waals surface area contributed by atoms with E-state index in [4.69, 9.17) is 0 Å². The molecule has 0 spiro atoms. The number of thiophene rings is 1. The number of allylic oxidation sites excluding steroid dienone is 4. The van der Waals surface area contributed by atoms with Crippen molar-refractivity contribution in [3.63, 3.8) is 0 Å². The van der Waals surface area contributed by atoms with Gasteiger partial charge in [-0.2, -0.15) is 0 Å². The van der Waals surface area contributed by atoms with Crippen LogP contribution in [0.25, 0.3) is 53.6 Å². The number of para-hydroxylation sites is 4. The summed E-state index contributed by atoms with van der Waals surface area (Å²) in [6, 6.07) is 54.9. The third kappa shape index (κ3) is 4.70. The standard InChI is InChI=1S/C44H32N2S/c1-4-16-31(17-5-1)36-24-10-12-28-40(36)45(33-19-6-2-7-20-33)35-23-14-18-32(30-35)37-26-15-27-39-42-44(47-43(37)39)38-25-11-13-29-41(38)46(42)34-21-8-3-9-22-34/h2-4,6-30H,1,5H2. The molecule has 47 heavy (non-hydrogen) atoms. The molecule has 8 aromatic rings. The van der Waals surface area contributed by atoms with E-state index in [0.717, 1.165) is 24.2 Å². The van der Waals surface area contributed by atoms with Crippen molar-refractivity contribution >= 4 is 65.2 Å². The first-order valence-corrected chi connectivity index (χ1v) is 17.1. The fourth-order valence-corrected chi connectivity index (χ4v) is 8.46. The molecule has 224 valence electrons. The zero-order valence-electron chi connectivity index (χ0n) is 25.9. The topological polar surface area (TPSA) is 8.17 Å². The molecule has 0 saturated carbocycles. The molecule has 6 aromatic carbocycles. The van der Waals surface area contributed by atoms with Gasteiger partial charge in [-0.3, -0.25) is 0 Å². The summed E-state index contributed by atoms with van der Waals surface area (Å²) in [5.41, 5.74) is 12.2. The molecule has 0 amide bonds. The van der Waals surface area contributed by atoms with Crippen molar-refractivity contribution in [3.8, 4) is 16.8 Å². The largest absolute Gasteiger partial charge is 0.310 e. The van der Waals surface area contributed by atoms with Crippen LogP contribution in [-0.2, 0) is 0 Å². The molecule has 2 nitrogen and oxygen atoms in total. The molecule has 0 unspecified atom stereocenters. The molecule has 0 atom stereocenters. The Morgan fingerprint density at radius 1 is 0.553 bits per heavy atom. The maximum Gasteiger partial charge on any atom is 0.0727 e. The third-order valence-corrected chi connectivity index (χ3v) is 10.5. The number of hydrogen-bond donors (Lipinski definition) is 0. The van der Waals surface area contributed by atoms with Gasteiger partial charge in [0.25, 0.3) is 0 Å². The Labute approximate surface area is 278 Å². The van der Waals surface area contributed by atoms with Gasteiger partial charge in [0.2, 0.25) is 0 Å². The average Bonchev–Trinajstić information content (AvgIpc) is 3.68. The van der Waals surface area contributed by atoms with E-state index < -0.39 is 0 Å². The molecular weight excluding hydrogens is 589 g/mol. The molecule has 0 radical (unpaired) electrons. The Morgan fingerprint density at radius 2 is 1.26 bits per heavy atom. The molecule has 0 N–H and O–H groups in total. The zero-order valence-corrected chi connectivity index (χ0v) is 26.7. The summed E-state index contributed by atoms with van der Waals surface area (Å²) < 4.78 is 5.08. The smallest absolute Gasteiger partial charge is 0.0727 e. The first-order valence-electron chi connectivity index (χ1n) is 16.3. The van der Waals surface area contributed by atoms with E-state index in [9.17, 15) is 0 Å². The van der Waals surface area contributed by atoms with Gasteiger partial charge in [-0.25, -0.2) is 0 Å². The average molecular weight is 621 g/mol. The van der Waals surface area contributed by atoms with Gasteiger partial charge in [0.1, 0.15) is 0 Å². The number of anilines is 3. The van der Waals surface area contributed by atoms with Crippen LogP contribution in [0.15, 0.2) is 170 Å². The minimum absolute atomic E-state index is 1.07. The number of benzene rings is 6. The highest BCUT2D eigenvalue weighted by molar-refractivity contribution is 7.27. The van der Waals surface area contributed by atoms with Crippen LogP contribution >= 0.6 is 11.3 Å². The summed E-state index contributed by atoms with van der Waals surface area (Å²) in [5.74, 6) is 0. The predicted octanol–water partition coefficient (Wildman–Crippen LogP) is 12.9. The Morgan fingerprint density at radius 3 is 2.11 bits per heavy atom. The lowest BCUT2D eigenvalue weighted by atomic mass is 9.96. The number of fused-ring (bicyclic) bond motifs is 5. The van der Waals surface area contributed by atoms with Crippen LogP contribution in [0.4, 0.5) is 17.1 Å². The van der Waals surface area contributed by atoms with Gasteiger partial charge in [-0.05, 0) is 78.1 Å². The second kappa shape index (κ2) is 11.6. The van der Waals surface area contributed by atoms with Crippen molar-refractivity contribution < 1.29 is 0 Å². The highest BCUT2D eigenvalue weighted by atomic mass is 32.1. The normalized spacial score (nSPS) is 13.0. The Kier molecular flexibility index (Phi) is 6.84. The Hall–Kier alpha value is -5.64. The molecule has 2 aromatic heterocycles. The lowest BCUT2D eigenvalue weighted by molar-refractivity contribution is 1.04. The van der Waals surface area contributed by atoms with E-state index in [1.54, 1.807) is 0 Å². The molecule has 3 heteroatoms. The summed E-state index contributed by atoms with van der Waals surface area (Å²) >= 11 is 1.91. The second-order valence-electron chi connectivity index (χ2n) is 12.0. The van der Waals surface area contributed by atoms with Crippen LogP contribution in [0.1, 0.15) is 18.4 Å². The van der Waals surface area contributed by atoms with Crippen molar-refractivity contribution in [2.24, 2.45) is 0 Å². The Bertz CT molecular complexity index is 2460. The van der Waals surface area contributed by atoms with Gasteiger partial charge < -0.3 is 9.47 Å². The lowest BCUT2D eigenvalue weighted by Gasteiger charge is -2.28. The third-order valence-electron chi connectivity index (χ3n) is 9.20. The monoisotopic (exact) mass is 620 g/mol. The summed E-state index contributed by atoms with van der Waals surface area (Å²) in [7, 11) is 0. The highest BCUT2D eigenvalue weighted by Gasteiger charge is 2.21. The van der Waals surface area contributed by atoms with Gasteiger partial charge in [0.15, 0.2) is 0 Å². The predicted molar refractivity (Wildman–Crippen MR) is 203 cm³/mol. The molecule has 0 fully saturated rings. The van der Waals surface area contributed by atoms with Crippen LogP contribution < -0.4 is 4.90 Å². The van der Waals surface area contributed by atoms with Crippen LogP contribution in [0.2, 0.25) is 0 Å². The van der Waals surface area contributed by atoms with E-state index in [2.05, 4.69) is 179 Å². The first-order chi connectivity index (χ1) is 23.3. The molecule has 9 rings (SSSR count). The van der Waals surface area contributed by atoms with E-state index >= 15 is 0 Å². The van der Waals surface area contributed by atoms with Gasteiger partial charge in [0, 0.05) is 38.1 Å². The van der Waals surface area contributed by atoms with Crippen LogP contribution in [0, 0.1) is 0 Å². The molecule has 1 aliphatic rings. The second-order valence-corrected chi connectivity index (χ2v) is 13.0. The first kappa shape index (κ1) is 27.7. The minimum Gasteiger partial charge on any atom is -0.310 e. The number of rotatable bonds is 6. The summed E-state index contributed by atoms with van der Waals surface area (Å²) in [6.45, 7) is 0. The quantitative estimate of drug-likeness (QED) is 0.180. The van der Waals surface area contributed by atoms with E-state index in [-0.39, 0.29) is 0 Å². The van der Waals surface area contributed by atoms with Crippen molar-refractivity contribution in [3.05, 3.63) is 175 Å².